The van der Waals surface area contributed by atoms with Crippen molar-refractivity contribution in [1.29, 1.82) is 0 Å². The summed E-state index contributed by atoms with van der Waals surface area (Å²) >= 11 is 0. The Morgan fingerprint density at radius 1 is 1.23 bits per heavy atom. The number of benzene rings is 1. The predicted molar refractivity (Wildman–Crippen MR) is 87.0 cm³/mol. The Morgan fingerprint density at radius 3 is 3.00 bits per heavy atom. The number of nitrogens with one attached hydrogen (secondary N) is 1. The van der Waals surface area contributed by atoms with Gasteiger partial charge in [0.1, 0.15) is 5.69 Å². The lowest BCUT2D eigenvalue weighted by atomic mass is 10.1. The minimum atomic E-state index is 0. The van der Waals surface area contributed by atoms with Crippen LogP contribution in [0.15, 0.2) is 41.1 Å². The summed E-state index contributed by atoms with van der Waals surface area (Å²) in [5.41, 5.74) is 0.785. The van der Waals surface area contributed by atoms with Gasteiger partial charge in [-0.05, 0) is 36.9 Å². The lowest BCUT2D eigenvalue weighted by molar-refractivity contribution is 0.358. The van der Waals surface area contributed by atoms with Crippen molar-refractivity contribution in [2.75, 3.05) is 13.1 Å². The van der Waals surface area contributed by atoms with Crippen LogP contribution >= 0.6 is 12.4 Å². The van der Waals surface area contributed by atoms with Crippen LogP contribution in [-0.4, -0.2) is 28.2 Å². The van der Waals surface area contributed by atoms with E-state index in [2.05, 4.69) is 26.5 Å². The van der Waals surface area contributed by atoms with Gasteiger partial charge in [0.05, 0.1) is 0 Å². The summed E-state index contributed by atoms with van der Waals surface area (Å²) in [6, 6.07) is 10.1. The van der Waals surface area contributed by atoms with Gasteiger partial charge in [-0.15, -0.1) is 12.4 Å². The lowest BCUT2D eigenvalue weighted by Crippen LogP contribution is -2.10. The molecule has 0 bridgehead atoms. The van der Waals surface area contributed by atoms with Gasteiger partial charge in [0.2, 0.25) is 11.7 Å². The quantitative estimate of drug-likeness (QED) is 0.805. The number of hydrogen-bond donors (Lipinski definition) is 1. The molecule has 1 aliphatic rings. The fraction of sp³-hybridized carbons (Fsp3) is 0.312. The minimum Gasteiger partial charge on any atom is -0.339 e. The van der Waals surface area contributed by atoms with Crippen LogP contribution in [0, 0.1) is 5.92 Å². The second-order valence-electron chi connectivity index (χ2n) is 5.46. The summed E-state index contributed by atoms with van der Waals surface area (Å²) in [4.78, 5) is 8.95. The van der Waals surface area contributed by atoms with E-state index in [0.29, 0.717) is 17.6 Å². The summed E-state index contributed by atoms with van der Waals surface area (Å²) in [6.07, 6.45) is 3.80. The van der Waals surface area contributed by atoms with Gasteiger partial charge in [-0.2, -0.15) is 4.98 Å². The molecule has 1 aromatic carbocycles. The molecule has 3 heterocycles. The lowest BCUT2D eigenvalue weighted by Gasteiger charge is -2.02. The molecule has 3 aromatic rings. The topological polar surface area (TPSA) is 63.8 Å². The molecule has 0 saturated carbocycles. The van der Waals surface area contributed by atoms with Gasteiger partial charge in [0, 0.05) is 18.0 Å². The van der Waals surface area contributed by atoms with Crippen molar-refractivity contribution in [2.45, 2.75) is 12.8 Å². The third-order valence-electron chi connectivity index (χ3n) is 3.98. The first-order valence-corrected chi connectivity index (χ1v) is 7.27. The third kappa shape index (κ3) is 2.82. The summed E-state index contributed by atoms with van der Waals surface area (Å²) < 4.78 is 5.40. The molecule has 1 saturated heterocycles. The van der Waals surface area contributed by atoms with E-state index < -0.39 is 0 Å². The largest absolute Gasteiger partial charge is 0.339 e. The van der Waals surface area contributed by atoms with Crippen molar-refractivity contribution in [3.8, 4) is 11.5 Å². The first-order valence-electron chi connectivity index (χ1n) is 7.27. The fourth-order valence-corrected chi connectivity index (χ4v) is 2.87. The van der Waals surface area contributed by atoms with Crippen molar-refractivity contribution < 1.29 is 4.52 Å². The van der Waals surface area contributed by atoms with Crippen molar-refractivity contribution in [1.82, 2.24) is 20.4 Å². The number of halogens is 1. The maximum absolute atomic E-state index is 5.40. The van der Waals surface area contributed by atoms with Crippen LogP contribution in [0.4, 0.5) is 0 Å². The number of fused-ring (bicyclic) bond motifs is 1. The van der Waals surface area contributed by atoms with E-state index in [9.17, 15) is 0 Å². The maximum atomic E-state index is 5.40. The highest BCUT2D eigenvalue weighted by Gasteiger charge is 2.19. The Hall–Kier alpha value is -1.98. The molecule has 6 heteroatoms. The van der Waals surface area contributed by atoms with Gasteiger partial charge in [0.15, 0.2) is 0 Å². The van der Waals surface area contributed by atoms with Gasteiger partial charge < -0.3 is 9.84 Å². The zero-order chi connectivity index (χ0) is 14.1. The first kappa shape index (κ1) is 14.9. The zero-order valence-electron chi connectivity index (χ0n) is 12.0. The Kier molecular flexibility index (Phi) is 4.36. The number of hydrogen-bond acceptors (Lipinski definition) is 5. The first-order chi connectivity index (χ1) is 10.4. The molecule has 1 unspecified atom stereocenters. The molecule has 5 nitrogen and oxygen atoms in total. The molecule has 4 rings (SSSR count). The molecular formula is C16H17ClN4O. The van der Waals surface area contributed by atoms with Crippen LogP contribution in [0.25, 0.3) is 22.3 Å². The predicted octanol–water partition coefficient (Wildman–Crippen LogP) is 2.86. The average Bonchev–Trinajstić information content (AvgIpc) is 3.19. The number of rotatable bonds is 3. The summed E-state index contributed by atoms with van der Waals surface area (Å²) in [5, 5.41) is 9.65. The molecule has 0 radical (unpaired) electrons. The standard InChI is InChI=1S/C16H16N4O.ClH/c1-2-4-13-12(3-1)6-8-18-15(13)16-19-14(21-20-16)9-11-5-7-17-10-11;/h1-4,6,8,11,17H,5,7,9-10H2;1H. The van der Waals surface area contributed by atoms with E-state index in [4.69, 9.17) is 4.52 Å². The highest BCUT2D eigenvalue weighted by atomic mass is 35.5. The summed E-state index contributed by atoms with van der Waals surface area (Å²) in [7, 11) is 0. The molecule has 2 aromatic heterocycles. The highest BCUT2D eigenvalue weighted by Crippen LogP contribution is 2.24. The van der Waals surface area contributed by atoms with Gasteiger partial charge in [0.25, 0.3) is 0 Å². The fourth-order valence-electron chi connectivity index (χ4n) is 2.87. The summed E-state index contributed by atoms with van der Waals surface area (Å²) in [6.45, 7) is 2.11. The van der Waals surface area contributed by atoms with Crippen LogP contribution in [0.5, 0.6) is 0 Å². The van der Waals surface area contributed by atoms with Crippen molar-refractivity contribution >= 4 is 23.2 Å². The van der Waals surface area contributed by atoms with E-state index in [1.54, 1.807) is 6.20 Å². The van der Waals surface area contributed by atoms with Gasteiger partial charge in [-0.3, -0.25) is 4.98 Å². The normalized spacial score (nSPS) is 17.5. The third-order valence-corrected chi connectivity index (χ3v) is 3.98. The van der Waals surface area contributed by atoms with E-state index in [0.717, 1.165) is 36.0 Å². The van der Waals surface area contributed by atoms with Crippen molar-refractivity contribution in [3.63, 3.8) is 0 Å². The SMILES string of the molecule is Cl.c1ccc2c(-c3noc(CC4CCNC4)n3)nccc2c1. The molecular weight excluding hydrogens is 300 g/mol. The molecule has 1 N–H and O–H groups in total. The van der Waals surface area contributed by atoms with Crippen LogP contribution in [-0.2, 0) is 6.42 Å². The summed E-state index contributed by atoms with van der Waals surface area (Å²) in [5.74, 6) is 1.87. The average molecular weight is 317 g/mol. The Balaban J connectivity index is 0.00000144. The van der Waals surface area contributed by atoms with E-state index >= 15 is 0 Å². The number of aromatic nitrogens is 3. The van der Waals surface area contributed by atoms with Crippen LogP contribution < -0.4 is 5.32 Å². The molecule has 0 amide bonds. The minimum absolute atomic E-state index is 0. The van der Waals surface area contributed by atoms with Crippen LogP contribution in [0.3, 0.4) is 0 Å². The Bertz CT molecular complexity index is 762. The van der Waals surface area contributed by atoms with E-state index in [1.165, 1.54) is 6.42 Å². The monoisotopic (exact) mass is 316 g/mol. The second-order valence-corrected chi connectivity index (χ2v) is 5.46. The Morgan fingerprint density at radius 2 is 2.14 bits per heavy atom. The van der Waals surface area contributed by atoms with Crippen LogP contribution in [0.1, 0.15) is 12.3 Å². The molecule has 1 atom stereocenters. The van der Waals surface area contributed by atoms with Crippen molar-refractivity contribution in [2.24, 2.45) is 5.92 Å². The van der Waals surface area contributed by atoms with Crippen LogP contribution in [0.2, 0.25) is 0 Å². The smallest absolute Gasteiger partial charge is 0.227 e. The second kappa shape index (κ2) is 6.42. The molecule has 0 spiro atoms. The molecule has 114 valence electrons. The van der Waals surface area contributed by atoms with Crippen molar-refractivity contribution in [3.05, 3.63) is 42.4 Å². The molecule has 0 aliphatic carbocycles. The van der Waals surface area contributed by atoms with Gasteiger partial charge in [-0.25, -0.2) is 0 Å². The zero-order valence-corrected chi connectivity index (χ0v) is 12.8. The highest BCUT2D eigenvalue weighted by molar-refractivity contribution is 5.92. The van der Waals surface area contributed by atoms with E-state index in [1.807, 2.05) is 24.3 Å². The molecule has 1 fully saturated rings. The molecule has 22 heavy (non-hydrogen) atoms. The molecule has 1 aliphatic heterocycles. The number of nitrogens with zero attached hydrogens (tertiary/aromatic N) is 3. The maximum Gasteiger partial charge on any atom is 0.227 e. The van der Waals surface area contributed by atoms with Gasteiger partial charge in [-0.1, -0.05) is 29.4 Å². The number of pyridine rings is 1. The van der Waals surface area contributed by atoms with Gasteiger partial charge >= 0.3 is 0 Å². The Labute approximate surface area is 134 Å². The van der Waals surface area contributed by atoms with E-state index in [-0.39, 0.29) is 12.4 Å².